The molecular weight excluding hydrogens is 274 g/mol. The average Bonchev–Trinajstić information content (AvgIpc) is 2.44. The monoisotopic (exact) mass is 295 g/mol. The van der Waals surface area contributed by atoms with E-state index in [1.54, 1.807) is 24.3 Å². The van der Waals surface area contributed by atoms with Gasteiger partial charge in [0.2, 0.25) is 0 Å². The number of benzene rings is 1. The normalized spacial score (nSPS) is 13.3. The van der Waals surface area contributed by atoms with Crippen molar-refractivity contribution < 1.29 is 24.5 Å². The molecule has 0 heterocycles. The summed E-state index contributed by atoms with van der Waals surface area (Å²) in [4.78, 5) is 22.8. The SMILES string of the molecule is CCCCOc1ccc(C(=O)N[C@@H](C(=O)O)[C@@H](C)O)cc1. The lowest BCUT2D eigenvalue weighted by Crippen LogP contribution is -2.47. The van der Waals surface area contributed by atoms with Crippen molar-refractivity contribution in [2.75, 3.05) is 6.61 Å². The number of carbonyl (C=O) groups is 2. The number of carboxylic acid groups (broad SMARTS) is 1. The fraction of sp³-hybridized carbons (Fsp3) is 0.467. The van der Waals surface area contributed by atoms with Crippen molar-refractivity contribution in [1.29, 1.82) is 0 Å². The Kier molecular flexibility index (Phi) is 6.68. The molecule has 0 aliphatic rings. The van der Waals surface area contributed by atoms with E-state index in [9.17, 15) is 14.7 Å². The van der Waals surface area contributed by atoms with Gasteiger partial charge in [0.1, 0.15) is 5.75 Å². The largest absolute Gasteiger partial charge is 0.494 e. The van der Waals surface area contributed by atoms with Crippen LogP contribution >= 0.6 is 0 Å². The molecular formula is C15H21NO5. The topological polar surface area (TPSA) is 95.9 Å². The first kappa shape index (κ1) is 17.0. The first-order valence-corrected chi connectivity index (χ1v) is 6.90. The summed E-state index contributed by atoms with van der Waals surface area (Å²) in [5, 5.41) is 20.5. The van der Waals surface area contributed by atoms with Gasteiger partial charge < -0.3 is 20.3 Å². The summed E-state index contributed by atoms with van der Waals surface area (Å²) in [6, 6.07) is 5.08. The molecule has 0 radical (unpaired) electrons. The van der Waals surface area contributed by atoms with E-state index in [1.807, 2.05) is 0 Å². The second kappa shape index (κ2) is 8.26. The maximum Gasteiger partial charge on any atom is 0.328 e. The van der Waals surface area contributed by atoms with Crippen molar-refractivity contribution in [3.8, 4) is 5.75 Å². The third kappa shape index (κ3) is 5.43. The summed E-state index contributed by atoms with van der Waals surface area (Å²) in [6.45, 7) is 3.99. The molecule has 0 aliphatic heterocycles. The minimum Gasteiger partial charge on any atom is -0.494 e. The Morgan fingerprint density at radius 1 is 1.29 bits per heavy atom. The van der Waals surface area contributed by atoms with Crippen LogP contribution in [0, 0.1) is 0 Å². The van der Waals surface area contributed by atoms with E-state index in [1.165, 1.54) is 6.92 Å². The summed E-state index contributed by atoms with van der Waals surface area (Å²) < 4.78 is 5.47. The quantitative estimate of drug-likeness (QED) is 0.630. The summed E-state index contributed by atoms with van der Waals surface area (Å²) in [6.07, 6.45) is 0.816. The smallest absolute Gasteiger partial charge is 0.328 e. The first-order chi connectivity index (χ1) is 9.95. The van der Waals surface area contributed by atoms with Crippen LogP contribution in [0.15, 0.2) is 24.3 Å². The van der Waals surface area contributed by atoms with Crippen LogP contribution in [0.3, 0.4) is 0 Å². The van der Waals surface area contributed by atoms with Crippen LogP contribution in [0.5, 0.6) is 5.75 Å². The molecule has 6 heteroatoms. The molecule has 0 saturated carbocycles. The van der Waals surface area contributed by atoms with Crippen molar-refractivity contribution in [3.63, 3.8) is 0 Å². The van der Waals surface area contributed by atoms with Gasteiger partial charge in [-0.2, -0.15) is 0 Å². The van der Waals surface area contributed by atoms with Crippen molar-refractivity contribution >= 4 is 11.9 Å². The lowest BCUT2D eigenvalue weighted by atomic mass is 10.1. The molecule has 0 saturated heterocycles. The fourth-order valence-electron chi connectivity index (χ4n) is 1.65. The Hall–Kier alpha value is -2.08. The highest BCUT2D eigenvalue weighted by molar-refractivity contribution is 5.96. The predicted molar refractivity (Wildman–Crippen MR) is 77.4 cm³/mol. The number of amides is 1. The summed E-state index contributed by atoms with van der Waals surface area (Å²) in [5.41, 5.74) is 0.310. The molecule has 3 N–H and O–H groups in total. The van der Waals surface area contributed by atoms with Crippen LogP contribution in [0.1, 0.15) is 37.0 Å². The summed E-state index contributed by atoms with van der Waals surface area (Å²) >= 11 is 0. The van der Waals surface area contributed by atoms with Crippen molar-refractivity contribution in [3.05, 3.63) is 29.8 Å². The molecule has 0 aliphatic carbocycles. The number of hydrogen-bond donors (Lipinski definition) is 3. The zero-order valence-corrected chi connectivity index (χ0v) is 12.2. The molecule has 0 fully saturated rings. The number of carboxylic acids is 1. The second-order valence-electron chi connectivity index (χ2n) is 4.76. The van der Waals surface area contributed by atoms with Gasteiger partial charge in [0, 0.05) is 5.56 Å². The van der Waals surface area contributed by atoms with E-state index in [4.69, 9.17) is 9.84 Å². The average molecular weight is 295 g/mol. The Labute approximate surface area is 123 Å². The Bertz CT molecular complexity index is 469. The van der Waals surface area contributed by atoms with Crippen molar-refractivity contribution in [1.82, 2.24) is 5.32 Å². The number of aliphatic hydroxyl groups is 1. The van der Waals surface area contributed by atoms with Crippen LogP contribution in [-0.2, 0) is 4.79 Å². The number of aliphatic hydroxyl groups excluding tert-OH is 1. The van der Waals surface area contributed by atoms with Crippen LogP contribution in [0.4, 0.5) is 0 Å². The first-order valence-electron chi connectivity index (χ1n) is 6.90. The van der Waals surface area contributed by atoms with Crippen LogP contribution < -0.4 is 10.1 Å². The fourth-order valence-corrected chi connectivity index (χ4v) is 1.65. The Morgan fingerprint density at radius 3 is 2.38 bits per heavy atom. The number of hydrogen-bond acceptors (Lipinski definition) is 4. The molecule has 0 unspecified atom stereocenters. The minimum absolute atomic E-state index is 0.310. The second-order valence-corrected chi connectivity index (χ2v) is 4.76. The zero-order chi connectivity index (χ0) is 15.8. The zero-order valence-electron chi connectivity index (χ0n) is 12.2. The highest BCUT2D eigenvalue weighted by Crippen LogP contribution is 2.13. The Morgan fingerprint density at radius 2 is 1.90 bits per heavy atom. The molecule has 6 nitrogen and oxygen atoms in total. The number of rotatable bonds is 8. The molecule has 21 heavy (non-hydrogen) atoms. The van der Waals surface area contributed by atoms with Gasteiger partial charge in [-0.05, 0) is 37.6 Å². The van der Waals surface area contributed by atoms with Gasteiger partial charge in [0.05, 0.1) is 12.7 Å². The van der Waals surface area contributed by atoms with E-state index < -0.39 is 24.0 Å². The minimum atomic E-state index is -1.34. The summed E-state index contributed by atoms with van der Waals surface area (Å²) in [7, 11) is 0. The van der Waals surface area contributed by atoms with E-state index in [-0.39, 0.29) is 0 Å². The van der Waals surface area contributed by atoms with Gasteiger partial charge >= 0.3 is 5.97 Å². The number of carbonyl (C=O) groups excluding carboxylic acids is 1. The van der Waals surface area contributed by atoms with Crippen LogP contribution in [0.2, 0.25) is 0 Å². The van der Waals surface area contributed by atoms with Gasteiger partial charge in [-0.25, -0.2) is 4.79 Å². The molecule has 0 bridgehead atoms. The van der Waals surface area contributed by atoms with Crippen LogP contribution in [-0.4, -0.2) is 40.8 Å². The molecule has 2 atom stereocenters. The van der Waals surface area contributed by atoms with E-state index in [0.29, 0.717) is 17.9 Å². The maximum absolute atomic E-state index is 11.9. The van der Waals surface area contributed by atoms with Gasteiger partial charge in [-0.3, -0.25) is 4.79 Å². The number of ether oxygens (including phenoxy) is 1. The lowest BCUT2D eigenvalue weighted by Gasteiger charge is -2.17. The molecule has 0 spiro atoms. The standard InChI is InChI=1S/C15H21NO5/c1-3-4-9-21-12-7-5-11(6-8-12)14(18)16-13(10(2)17)15(19)20/h5-8,10,13,17H,3-4,9H2,1-2H3,(H,16,18)(H,19,20)/t10-,13-/m1/s1. The van der Waals surface area contributed by atoms with Gasteiger partial charge in [-0.1, -0.05) is 13.3 Å². The van der Waals surface area contributed by atoms with Gasteiger partial charge in [-0.15, -0.1) is 0 Å². The molecule has 1 amide bonds. The number of nitrogens with one attached hydrogen (secondary N) is 1. The maximum atomic E-state index is 11.9. The molecule has 1 aromatic carbocycles. The number of unbranched alkanes of at least 4 members (excludes halogenated alkanes) is 1. The number of aliphatic carboxylic acids is 1. The Balaban J connectivity index is 2.64. The van der Waals surface area contributed by atoms with E-state index in [0.717, 1.165) is 12.8 Å². The predicted octanol–water partition coefficient (Wildman–Crippen LogP) is 1.43. The molecule has 1 rings (SSSR count). The van der Waals surface area contributed by atoms with Crippen molar-refractivity contribution in [2.45, 2.75) is 38.8 Å². The van der Waals surface area contributed by atoms with Crippen LogP contribution in [0.25, 0.3) is 0 Å². The molecule has 116 valence electrons. The van der Waals surface area contributed by atoms with Crippen molar-refractivity contribution in [2.24, 2.45) is 0 Å². The lowest BCUT2D eigenvalue weighted by molar-refractivity contribution is -0.141. The van der Waals surface area contributed by atoms with E-state index in [2.05, 4.69) is 12.2 Å². The highest BCUT2D eigenvalue weighted by atomic mass is 16.5. The highest BCUT2D eigenvalue weighted by Gasteiger charge is 2.25. The molecule has 0 aromatic heterocycles. The summed E-state index contributed by atoms with van der Waals surface area (Å²) in [5.74, 6) is -1.17. The van der Waals surface area contributed by atoms with Gasteiger partial charge in [0.25, 0.3) is 5.91 Å². The molecule has 1 aromatic rings. The van der Waals surface area contributed by atoms with E-state index >= 15 is 0 Å². The third-order valence-electron chi connectivity index (χ3n) is 2.92. The van der Waals surface area contributed by atoms with Gasteiger partial charge in [0.15, 0.2) is 6.04 Å². The third-order valence-corrected chi connectivity index (χ3v) is 2.92.